The predicted octanol–water partition coefficient (Wildman–Crippen LogP) is 4.14. The molecule has 5 heteroatoms. The summed E-state index contributed by atoms with van der Waals surface area (Å²) in [5.41, 5.74) is -0.198. The molecule has 148 valence electrons. The van der Waals surface area contributed by atoms with Gasteiger partial charge in [-0.2, -0.15) is 0 Å². The van der Waals surface area contributed by atoms with Gasteiger partial charge >= 0.3 is 0 Å². The molecule has 1 spiro atoms. The molecule has 1 aromatic heterocycles. The minimum atomic E-state index is -0.198. The second-order valence-electron chi connectivity index (χ2n) is 9.58. The van der Waals surface area contributed by atoms with Crippen LogP contribution in [0.4, 0.5) is 0 Å². The molecule has 3 heterocycles. The fourth-order valence-electron chi connectivity index (χ4n) is 6.09. The van der Waals surface area contributed by atoms with Crippen LogP contribution in [0.5, 0.6) is 0 Å². The molecule has 2 aliphatic heterocycles. The third kappa shape index (κ3) is 3.35. The third-order valence-corrected chi connectivity index (χ3v) is 8.74. The number of thiazole rings is 1. The van der Waals surface area contributed by atoms with Crippen molar-refractivity contribution in [2.24, 2.45) is 17.3 Å². The van der Waals surface area contributed by atoms with E-state index in [1.54, 1.807) is 11.3 Å². The minimum absolute atomic E-state index is 0.198. The summed E-state index contributed by atoms with van der Waals surface area (Å²) >= 11 is 1.75. The zero-order valence-electron chi connectivity index (χ0n) is 16.4. The number of rotatable bonds is 5. The van der Waals surface area contributed by atoms with Crippen LogP contribution in [0.2, 0.25) is 0 Å². The maximum atomic E-state index is 13.6. The maximum absolute atomic E-state index is 13.6. The van der Waals surface area contributed by atoms with Gasteiger partial charge in [0.15, 0.2) is 0 Å². The van der Waals surface area contributed by atoms with E-state index < -0.39 is 0 Å². The van der Waals surface area contributed by atoms with Crippen LogP contribution in [-0.2, 0) is 4.79 Å². The third-order valence-electron chi connectivity index (χ3n) is 7.85. The number of aromatic nitrogens is 1. The van der Waals surface area contributed by atoms with E-state index in [0.29, 0.717) is 11.8 Å². The van der Waals surface area contributed by atoms with Gasteiger partial charge in [0.25, 0.3) is 0 Å². The standard InChI is InChI=1S/C22H33N3OS/c26-21-22(9-11-25(21)14-18-7-4-8-18)16-24(13-17-5-2-1-3-6-17)15-19(22)20-23-10-12-27-20/h10,12,17-19H,1-9,11,13-16H2/t19-,22-/m0/s1. The normalized spacial score (nSPS) is 33.3. The van der Waals surface area contributed by atoms with Gasteiger partial charge in [-0.25, -0.2) is 4.98 Å². The monoisotopic (exact) mass is 387 g/mol. The number of carbonyl (C=O) groups excluding carboxylic acids is 1. The Balaban J connectivity index is 1.34. The lowest BCUT2D eigenvalue weighted by Crippen LogP contribution is -2.42. The van der Waals surface area contributed by atoms with Crippen molar-refractivity contribution >= 4 is 17.2 Å². The molecule has 2 atom stereocenters. The molecule has 27 heavy (non-hydrogen) atoms. The number of carbonyl (C=O) groups is 1. The summed E-state index contributed by atoms with van der Waals surface area (Å²) in [7, 11) is 0. The van der Waals surface area contributed by atoms with Gasteiger partial charge in [0.1, 0.15) is 0 Å². The molecule has 0 N–H and O–H groups in total. The first-order valence-corrected chi connectivity index (χ1v) is 12.0. The fourth-order valence-corrected chi connectivity index (χ4v) is 6.94. The van der Waals surface area contributed by atoms with Gasteiger partial charge in [0, 0.05) is 50.2 Å². The van der Waals surface area contributed by atoms with Crippen molar-refractivity contribution in [2.75, 3.05) is 32.7 Å². The SMILES string of the molecule is O=C1N(CC2CCC2)CC[C@@]12CN(CC1CCCCC1)C[C@H]2c1nccs1. The van der Waals surface area contributed by atoms with Crippen LogP contribution in [0.25, 0.3) is 0 Å². The van der Waals surface area contributed by atoms with Crippen LogP contribution in [0.1, 0.15) is 68.7 Å². The molecule has 0 unspecified atom stereocenters. The Morgan fingerprint density at radius 2 is 1.85 bits per heavy atom. The quantitative estimate of drug-likeness (QED) is 0.762. The van der Waals surface area contributed by atoms with Gasteiger partial charge in [-0.3, -0.25) is 4.79 Å². The average Bonchev–Trinajstić information content (AvgIpc) is 3.35. The number of hydrogen-bond donors (Lipinski definition) is 0. The van der Waals surface area contributed by atoms with Gasteiger partial charge in [-0.05, 0) is 43.9 Å². The smallest absolute Gasteiger partial charge is 0.230 e. The van der Waals surface area contributed by atoms with E-state index >= 15 is 0 Å². The van der Waals surface area contributed by atoms with Gasteiger partial charge in [0.05, 0.1) is 10.4 Å². The Hall–Kier alpha value is -0.940. The first-order valence-electron chi connectivity index (χ1n) is 11.2. The molecular weight excluding hydrogens is 354 g/mol. The van der Waals surface area contributed by atoms with Crippen molar-refractivity contribution in [3.8, 4) is 0 Å². The summed E-state index contributed by atoms with van der Waals surface area (Å²) in [6.45, 7) is 5.17. The van der Waals surface area contributed by atoms with E-state index in [1.165, 1.54) is 62.9 Å². The number of hydrogen-bond acceptors (Lipinski definition) is 4. The highest BCUT2D eigenvalue weighted by atomic mass is 32.1. The molecule has 2 saturated carbocycles. The fraction of sp³-hybridized carbons (Fsp3) is 0.818. The number of amides is 1. The summed E-state index contributed by atoms with van der Waals surface area (Å²) in [5, 5.41) is 3.28. The average molecular weight is 388 g/mol. The van der Waals surface area contributed by atoms with E-state index in [1.807, 2.05) is 6.20 Å². The molecule has 4 nitrogen and oxygen atoms in total. The first-order chi connectivity index (χ1) is 13.2. The van der Waals surface area contributed by atoms with E-state index in [9.17, 15) is 4.79 Å². The maximum Gasteiger partial charge on any atom is 0.230 e. The highest BCUT2D eigenvalue weighted by Gasteiger charge is 2.58. The zero-order chi connectivity index (χ0) is 18.3. The van der Waals surface area contributed by atoms with Gasteiger partial charge in [-0.15, -0.1) is 11.3 Å². The van der Waals surface area contributed by atoms with Crippen LogP contribution in [0, 0.1) is 17.3 Å². The molecule has 0 radical (unpaired) electrons. The first kappa shape index (κ1) is 18.1. The molecule has 4 aliphatic rings. The van der Waals surface area contributed by atoms with Crippen molar-refractivity contribution in [2.45, 2.75) is 63.7 Å². The predicted molar refractivity (Wildman–Crippen MR) is 109 cm³/mol. The summed E-state index contributed by atoms with van der Waals surface area (Å²) in [5.74, 6) is 2.36. The lowest BCUT2D eigenvalue weighted by Gasteiger charge is -2.32. The van der Waals surface area contributed by atoms with Crippen LogP contribution in [0.15, 0.2) is 11.6 Å². The highest BCUT2D eigenvalue weighted by Crippen LogP contribution is 2.51. The molecule has 0 aromatic carbocycles. The second-order valence-corrected chi connectivity index (χ2v) is 10.5. The molecule has 1 aromatic rings. The molecule has 4 fully saturated rings. The van der Waals surface area contributed by atoms with Crippen molar-refractivity contribution in [3.05, 3.63) is 16.6 Å². The Bertz CT molecular complexity index is 653. The zero-order valence-corrected chi connectivity index (χ0v) is 17.3. The van der Waals surface area contributed by atoms with Gasteiger partial charge in [-0.1, -0.05) is 25.7 Å². The van der Waals surface area contributed by atoms with Crippen molar-refractivity contribution in [1.82, 2.24) is 14.8 Å². The van der Waals surface area contributed by atoms with E-state index in [4.69, 9.17) is 0 Å². The van der Waals surface area contributed by atoms with Crippen molar-refractivity contribution in [1.29, 1.82) is 0 Å². The number of likely N-dealkylation sites (tertiary alicyclic amines) is 2. The minimum Gasteiger partial charge on any atom is -0.342 e. The van der Waals surface area contributed by atoms with E-state index in [-0.39, 0.29) is 5.41 Å². The molecule has 5 rings (SSSR count). The van der Waals surface area contributed by atoms with Crippen LogP contribution in [-0.4, -0.2) is 53.4 Å². The molecular formula is C22H33N3OS. The van der Waals surface area contributed by atoms with Gasteiger partial charge < -0.3 is 9.80 Å². The largest absolute Gasteiger partial charge is 0.342 e. The Kier molecular flexibility index (Phi) is 5.01. The number of nitrogens with zero attached hydrogens (tertiary/aromatic N) is 3. The van der Waals surface area contributed by atoms with E-state index in [0.717, 1.165) is 44.4 Å². The lowest BCUT2D eigenvalue weighted by molar-refractivity contribution is -0.137. The Morgan fingerprint density at radius 3 is 2.56 bits per heavy atom. The molecule has 2 aliphatic carbocycles. The van der Waals surface area contributed by atoms with Gasteiger partial charge in [0.2, 0.25) is 5.91 Å². The lowest BCUT2D eigenvalue weighted by atomic mass is 9.76. The van der Waals surface area contributed by atoms with Crippen LogP contribution in [0.3, 0.4) is 0 Å². The van der Waals surface area contributed by atoms with Crippen molar-refractivity contribution in [3.63, 3.8) is 0 Å². The molecule has 2 saturated heterocycles. The van der Waals surface area contributed by atoms with Crippen LogP contribution >= 0.6 is 11.3 Å². The van der Waals surface area contributed by atoms with Crippen LogP contribution < -0.4 is 0 Å². The summed E-state index contributed by atoms with van der Waals surface area (Å²) in [6.07, 6.45) is 13.9. The summed E-state index contributed by atoms with van der Waals surface area (Å²) < 4.78 is 0. The second kappa shape index (κ2) is 7.47. The van der Waals surface area contributed by atoms with Crippen molar-refractivity contribution < 1.29 is 4.79 Å². The Morgan fingerprint density at radius 1 is 1.07 bits per heavy atom. The molecule has 0 bridgehead atoms. The highest BCUT2D eigenvalue weighted by molar-refractivity contribution is 7.09. The molecule has 1 amide bonds. The summed E-state index contributed by atoms with van der Waals surface area (Å²) in [4.78, 5) is 23.1. The topological polar surface area (TPSA) is 36.4 Å². The van der Waals surface area contributed by atoms with E-state index in [2.05, 4.69) is 20.2 Å². The summed E-state index contributed by atoms with van der Waals surface area (Å²) in [6, 6.07) is 0. The Labute approximate surface area is 167 Å².